The topological polar surface area (TPSA) is 138 Å². The quantitative estimate of drug-likeness (QED) is 0.245. The van der Waals surface area contributed by atoms with Crippen LogP contribution in [0.4, 0.5) is 0 Å². The van der Waals surface area contributed by atoms with Gasteiger partial charge in [0.2, 0.25) is 0 Å². The van der Waals surface area contributed by atoms with Gasteiger partial charge in [-0.15, -0.1) is 0 Å². The molecule has 0 aliphatic heterocycles. The van der Waals surface area contributed by atoms with Crippen LogP contribution in [0.3, 0.4) is 0 Å². The highest BCUT2D eigenvalue weighted by Gasteiger charge is 2.33. The van der Waals surface area contributed by atoms with Gasteiger partial charge >= 0.3 is 0 Å². The fourth-order valence-electron chi connectivity index (χ4n) is 0.820. The van der Waals surface area contributed by atoms with Crippen molar-refractivity contribution in [2.45, 2.75) is 30.5 Å². The molecule has 0 radical (unpaired) electrons. The molecule has 0 aromatic heterocycles. The molecule has 7 heteroatoms. The van der Waals surface area contributed by atoms with Crippen LogP contribution in [0.15, 0.2) is 0 Å². The average Bonchev–Trinajstić information content (AvgIpc) is 2.23. The van der Waals surface area contributed by atoms with Gasteiger partial charge in [0.1, 0.15) is 30.5 Å². The number of aldehydes is 1. The van der Waals surface area contributed by atoms with Gasteiger partial charge in [0.05, 0.1) is 6.61 Å². The largest absolute Gasteiger partial charge is 0.394 e. The highest BCUT2D eigenvalue weighted by Crippen LogP contribution is 2.07. The summed E-state index contributed by atoms with van der Waals surface area (Å²) in [5.41, 5.74) is 0. The monoisotopic (exact) mass is 210 g/mol. The van der Waals surface area contributed by atoms with Gasteiger partial charge in [-0.25, -0.2) is 0 Å². The van der Waals surface area contributed by atoms with E-state index in [0.717, 1.165) is 0 Å². The fourth-order valence-corrected chi connectivity index (χ4v) is 0.820. The van der Waals surface area contributed by atoms with E-state index in [1.165, 1.54) is 0 Å². The van der Waals surface area contributed by atoms with E-state index in [1.807, 2.05) is 0 Å². The van der Waals surface area contributed by atoms with Crippen molar-refractivity contribution < 1.29 is 35.4 Å². The molecule has 0 aromatic rings. The first kappa shape index (κ1) is 13.4. The second kappa shape index (κ2) is 6.02. The molecule has 0 saturated heterocycles. The van der Waals surface area contributed by atoms with Crippen molar-refractivity contribution in [2.75, 3.05) is 6.61 Å². The summed E-state index contributed by atoms with van der Waals surface area (Å²) >= 11 is 0. The predicted octanol–water partition coefficient (Wildman–Crippen LogP) is -4.02. The SMILES string of the molecule is O=C[C@@H](O)[C@H](O)[C@H](O)[C@@H](O)[C@H](O)CO. The van der Waals surface area contributed by atoms with Gasteiger partial charge in [-0.3, -0.25) is 0 Å². The molecule has 0 fully saturated rings. The van der Waals surface area contributed by atoms with Gasteiger partial charge in [0.25, 0.3) is 0 Å². The van der Waals surface area contributed by atoms with E-state index in [2.05, 4.69) is 0 Å². The van der Waals surface area contributed by atoms with E-state index >= 15 is 0 Å². The van der Waals surface area contributed by atoms with Crippen molar-refractivity contribution in [3.63, 3.8) is 0 Å². The molecule has 0 aliphatic rings. The summed E-state index contributed by atoms with van der Waals surface area (Å²) in [6.45, 7) is -0.817. The molecule has 14 heavy (non-hydrogen) atoms. The zero-order valence-electron chi connectivity index (χ0n) is 7.26. The van der Waals surface area contributed by atoms with Crippen LogP contribution in [-0.4, -0.2) is 74.1 Å². The first-order chi connectivity index (χ1) is 6.45. The van der Waals surface area contributed by atoms with Crippen molar-refractivity contribution in [1.29, 1.82) is 0 Å². The maximum atomic E-state index is 10.00. The van der Waals surface area contributed by atoms with E-state index in [0.29, 0.717) is 0 Å². The molecule has 0 bridgehead atoms. The normalized spacial score (nSPS) is 22.1. The summed E-state index contributed by atoms with van der Waals surface area (Å²) in [4.78, 5) is 10.00. The molecule has 0 unspecified atom stereocenters. The Labute approximate surface area is 79.9 Å². The number of carbonyl (C=O) groups excluding carboxylic acids is 1. The van der Waals surface area contributed by atoms with Crippen molar-refractivity contribution in [1.82, 2.24) is 0 Å². The number of aliphatic hydroxyl groups excluding tert-OH is 6. The maximum absolute atomic E-state index is 10.00. The third-order valence-electron chi connectivity index (χ3n) is 1.77. The van der Waals surface area contributed by atoms with Gasteiger partial charge < -0.3 is 35.4 Å². The first-order valence-corrected chi connectivity index (χ1v) is 3.92. The summed E-state index contributed by atoms with van der Waals surface area (Å²) in [5.74, 6) is 0. The van der Waals surface area contributed by atoms with Crippen LogP contribution in [0.25, 0.3) is 0 Å². The van der Waals surface area contributed by atoms with Crippen molar-refractivity contribution in [3.8, 4) is 0 Å². The highest BCUT2D eigenvalue weighted by atomic mass is 16.4. The molecule has 7 nitrogen and oxygen atoms in total. The molecule has 0 heterocycles. The Hall–Kier alpha value is -0.570. The lowest BCUT2D eigenvalue weighted by molar-refractivity contribution is -0.147. The van der Waals surface area contributed by atoms with Crippen LogP contribution in [0, 0.1) is 0 Å². The summed E-state index contributed by atoms with van der Waals surface area (Å²) in [6, 6.07) is 0. The molecular weight excluding hydrogens is 196 g/mol. The van der Waals surface area contributed by atoms with E-state index in [4.69, 9.17) is 30.6 Å². The Bertz CT molecular complexity index is 173. The van der Waals surface area contributed by atoms with Crippen molar-refractivity contribution >= 4 is 6.29 Å². The van der Waals surface area contributed by atoms with Crippen LogP contribution in [0.1, 0.15) is 0 Å². The Balaban J connectivity index is 4.29. The van der Waals surface area contributed by atoms with Crippen LogP contribution < -0.4 is 0 Å². The molecular formula is C7H14O7. The Morgan fingerprint density at radius 3 is 1.79 bits per heavy atom. The minimum Gasteiger partial charge on any atom is -0.394 e. The van der Waals surface area contributed by atoms with Gasteiger partial charge in [-0.05, 0) is 0 Å². The smallest absolute Gasteiger partial charge is 0.151 e. The lowest BCUT2D eigenvalue weighted by Crippen LogP contribution is -2.50. The first-order valence-electron chi connectivity index (χ1n) is 3.92. The van der Waals surface area contributed by atoms with Crippen LogP contribution in [0.2, 0.25) is 0 Å². The zero-order valence-corrected chi connectivity index (χ0v) is 7.26. The summed E-state index contributed by atoms with van der Waals surface area (Å²) in [5, 5.41) is 53.2. The van der Waals surface area contributed by atoms with Crippen molar-refractivity contribution in [3.05, 3.63) is 0 Å². The fraction of sp³-hybridized carbons (Fsp3) is 0.857. The minimum atomic E-state index is -1.92. The van der Waals surface area contributed by atoms with Gasteiger partial charge in [-0.2, -0.15) is 0 Å². The van der Waals surface area contributed by atoms with Crippen LogP contribution in [-0.2, 0) is 4.79 Å². The number of rotatable bonds is 6. The van der Waals surface area contributed by atoms with E-state index in [1.54, 1.807) is 0 Å². The Morgan fingerprint density at radius 2 is 1.43 bits per heavy atom. The van der Waals surface area contributed by atoms with E-state index in [-0.39, 0.29) is 6.29 Å². The van der Waals surface area contributed by atoms with Gasteiger partial charge in [0.15, 0.2) is 6.29 Å². The third kappa shape index (κ3) is 3.29. The molecule has 84 valence electrons. The number of aliphatic hydroxyl groups is 6. The lowest BCUT2D eigenvalue weighted by Gasteiger charge is -2.26. The molecule has 0 saturated carbocycles. The van der Waals surface area contributed by atoms with E-state index in [9.17, 15) is 4.79 Å². The Kier molecular flexibility index (Phi) is 5.77. The highest BCUT2D eigenvalue weighted by molar-refractivity contribution is 5.56. The van der Waals surface area contributed by atoms with Gasteiger partial charge in [-0.1, -0.05) is 0 Å². The van der Waals surface area contributed by atoms with Crippen LogP contribution >= 0.6 is 0 Å². The number of hydrogen-bond donors (Lipinski definition) is 6. The molecule has 0 spiro atoms. The number of carbonyl (C=O) groups is 1. The summed E-state index contributed by atoms with van der Waals surface area (Å²) < 4.78 is 0. The average molecular weight is 210 g/mol. The standard InChI is InChI=1S/C7H14O7/c8-1-3(10)5(12)7(14)6(13)4(11)2-9/h1,3-7,9-14H,2H2/t3-,4-,5+,6+,7+/m1/s1. The predicted molar refractivity (Wildman–Crippen MR) is 43.2 cm³/mol. The molecule has 0 aliphatic carbocycles. The Morgan fingerprint density at radius 1 is 0.929 bits per heavy atom. The summed E-state index contributed by atoms with van der Waals surface area (Å²) in [7, 11) is 0. The van der Waals surface area contributed by atoms with Crippen molar-refractivity contribution in [2.24, 2.45) is 0 Å². The maximum Gasteiger partial charge on any atom is 0.151 e. The molecule has 0 aromatic carbocycles. The zero-order chi connectivity index (χ0) is 11.3. The van der Waals surface area contributed by atoms with E-state index < -0.39 is 37.1 Å². The third-order valence-corrected chi connectivity index (χ3v) is 1.77. The second-order valence-corrected chi connectivity index (χ2v) is 2.85. The second-order valence-electron chi connectivity index (χ2n) is 2.85. The minimum absolute atomic E-state index is 0.0219. The summed E-state index contributed by atoms with van der Waals surface area (Å²) in [6.07, 6.45) is -9.21. The molecule has 0 rings (SSSR count). The number of hydrogen-bond acceptors (Lipinski definition) is 7. The van der Waals surface area contributed by atoms with Crippen LogP contribution in [0.5, 0.6) is 0 Å². The lowest BCUT2D eigenvalue weighted by atomic mass is 10.0. The van der Waals surface area contributed by atoms with Gasteiger partial charge in [0, 0.05) is 0 Å². The molecule has 5 atom stereocenters. The molecule has 6 N–H and O–H groups in total. The molecule has 0 amide bonds.